The van der Waals surface area contributed by atoms with E-state index in [1.54, 1.807) is 0 Å². The highest BCUT2D eigenvalue weighted by molar-refractivity contribution is 5.33. The van der Waals surface area contributed by atoms with E-state index in [1.807, 2.05) is 0 Å². The molecule has 1 aromatic carbocycles. The van der Waals surface area contributed by atoms with Gasteiger partial charge in [0.05, 0.1) is 0 Å². The van der Waals surface area contributed by atoms with E-state index >= 15 is 0 Å². The van der Waals surface area contributed by atoms with E-state index in [0.29, 0.717) is 0 Å². The molecule has 1 aliphatic rings. The molecule has 1 saturated carbocycles. The molecular formula is C13H19N. The highest BCUT2D eigenvalue weighted by atomic mass is 14.6. The normalized spacial score (nSPS) is 19.0. The number of hydrogen-bond acceptors (Lipinski definition) is 1. The summed E-state index contributed by atoms with van der Waals surface area (Å²) < 4.78 is 0. The van der Waals surface area contributed by atoms with Gasteiger partial charge in [0.1, 0.15) is 0 Å². The van der Waals surface area contributed by atoms with Crippen molar-refractivity contribution >= 4 is 0 Å². The van der Waals surface area contributed by atoms with Crippen LogP contribution in [0, 0.1) is 0 Å². The number of benzene rings is 1. The summed E-state index contributed by atoms with van der Waals surface area (Å²) in [5.41, 5.74) is 8.99. The van der Waals surface area contributed by atoms with Gasteiger partial charge < -0.3 is 5.73 Å². The molecule has 0 heterocycles. The van der Waals surface area contributed by atoms with Crippen LogP contribution in [-0.4, -0.2) is 0 Å². The van der Waals surface area contributed by atoms with Gasteiger partial charge in [-0.15, -0.1) is 0 Å². The van der Waals surface area contributed by atoms with Crippen molar-refractivity contribution in [3.8, 4) is 0 Å². The van der Waals surface area contributed by atoms with Crippen LogP contribution >= 0.6 is 0 Å². The van der Waals surface area contributed by atoms with E-state index < -0.39 is 0 Å². The molecule has 0 spiro atoms. The molecule has 1 atom stereocenters. The summed E-state index contributed by atoms with van der Waals surface area (Å²) in [5, 5.41) is 0. The largest absolute Gasteiger partial charge is 0.324 e. The molecule has 1 aliphatic carbocycles. The molecule has 2 rings (SSSR count). The van der Waals surface area contributed by atoms with Gasteiger partial charge in [0.15, 0.2) is 0 Å². The highest BCUT2D eigenvalue weighted by Gasteiger charge is 2.22. The molecule has 1 aromatic rings. The zero-order valence-corrected chi connectivity index (χ0v) is 8.87. The first-order chi connectivity index (χ1) is 6.83. The highest BCUT2D eigenvalue weighted by Crippen LogP contribution is 2.39. The minimum atomic E-state index is 0.229. The molecule has 1 fully saturated rings. The molecule has 2 N–H and O–H groups in total. The molecule has 0 aliphatic heterocycles. The second kappa shape index (κ2) is 4.14. The monoisotopic (exact) mass is 189 g/mol. The average Bonchev–Trinajstić information content (AvgIpc) is 2.15. The maximum absolute atomic E-state index is 6.11. The quantitative estimate of drug-likeness (QED) is 0.775. The van der Waals surface area contributed by atoms with Crippen molar-refractivity contribution in [2.45, 2.75) is 44.6 Å². The van der Waals surface area contributed by atoms with Crippen molar-refractivity contribution in [3.63, 3.8) is 0 Å². The van der Waals surface area contributed by atoms with E-state index in [4.69, 9.17) is 5.73 Å². The molecule has 0 bridgehead atoms. The Bertz CT molecular complexity index is 278. The fraction of sp³-hybridized carbons (Fsp3) is 0.538. The molecule has 1 unspecified atom stereocenters. The number of nitrogens with two attached hydrogens (primary N) is 1. The van der Waals surface area contributed by atoms with E-state index in [9.17, 15) is 0 Å². The fourth-order valence-corrected chi connectivity index (χ4v) is 2.16. The maximum atomic E-state index is 6.11. The summed E-state index contributed by atoms with van der Waals surface area (Å²) in [5.74, 6) is 0.795. The van der Waals surface area contributed by atoms with Crippen molar-refractivity contribution < 1.29 is 0 Å². The minimum Gasteiger partial charge on any atom is -0.324 e. The summed E-state index contributed by atoms with van der Waals surface area (Å²) in [4.78, 5) is 0. The predicted molar refractivity (Wildman–Crippen MR) is 60.3 cm³/mol. The third-order valence-electron chi connectivity index (χ3n) is 3.38. The van der Waals surface area contributed by atoms with Gasteiger partial charge in [-0.2, -0.15) is 0 Å². The number of hydrogen-bond donors (Lipinski definition) is 1. The Labute approximate surface area is 86.3 Å². The van der Waals surface area contributed by atoms with E-state index in [1.165, 1.54) is 30.4 Å². The Morgan fingerprint density at radius 2 is 2.07 bits per heavy atom. The topological polar surface area (TPSA) is 26.0 Å². The van der Waals surface area contributed by atoms with Gasteiger partial charge in [-0.1, -0.05) is 37.6 Å². The lowest BCUT2D eigenvalue weighted by atomic mass is 9.77. The lowest BCUT2D eigenvalue weighted by Crippen LogP contribution is -2.16. The van der Waals surface area contributed by atoms with E-state index in [0.717, 1.165) is 12.3 Å². The molecule has 76 valence electrons. The fourth-order valence-electron chi connectivity index (χ4n) is 2.16. The first-order valence-electron chi connectivity index (χ1n) is 5.67. The van der Waals surface area contributed by atoms with Crippen LogP contribution < -0.4 is 5.73 Å². The Hall–Kier alpha value is -0.820. The summed E-state index contributed by atoms with van der Waals surface area (Å²) in [6.45, 7) is 2.15. The zero-order valence-electron chi connectivity index (χ0n) is 8.87. The zero-order chi connectivity index (χ0) is 9.97. The SMILES string of the molecule is CCC(N)c1ccccc1C1CCC1. The molecule has 0 radical (unpaired) electrons. The first-order valence-corrected chi connectivity index (χ1v) is 5.67. The Kier molecular flexibility index (Phi) is 2.87. The molecule has 1 heteroatoms. The van der Waals surface area contributed by atoms with Crippen molar-refractivity contribution in [1.82, 2.24) is 0 Å². The van der Waals surface area contributed by atoms with Crippen molar-refractivity contribution in [2.24, 2.45) is 5.73 Å². The van der Waals surface area contributed by atoms with Gasteiger partial charge in [0.2, 0.25) is 0 Å². The van der Waals surface area contributed by atoms with Crippen LogP contribution in [0.5, 0.6) is 0 Å². The van der Waals surface area contributed by atoms with Gasteiger partial charge in [0.25, 0.3) is 0 Å². The van der Waals surface area contributed by atoms with Crippen LogP contribution in [0.4, 0.5) is 0 Å². The minimum absolute atomic E-state index is 0.229. The second-order valence-corrected chi connectivity index (χ2v) is 4.27. The van der Waals surface area contributed by atoms with Gasteiger partial charge in [-0.05, 0) is 36.3 Å². The molecule has 14 heavy (non-hydrogen) atoms. The van der Waals surface area contributed by atoms with Crippen LogP contribution in [0.3, 0.4) is 0 Å². The lowest BCUT2D eigenvalue weighted by Gasteiger charge is -2.29. The summed E-state index contributed by atoms with van der Waals surface area (Å²) in [7, 11) is 0. The van der Waals surface area contributed by atoms with Gasteiger partial charge in [0, 0.05) is 6.04 Å². The van der Waals surface area contributed by atoms with Crippen LogP contribution in [0.15, 0.2) is 24.3 Å². The standard InChI is InChI=1S/C13H19N/c1-2-13(14)12-9-4-3-8-11(12)10-6-5-7-10/h3-4,8-10,13H,2,5-7,14H2,1H3. The van der Waals surface area contributed by atoms with E-state index in [-0.39, 0.29) is 6.04 Å². The predicted octanol–water partition coefficient (Wildman–Crippen LogP) is 3.36. The maximum Gasteiger partial charge on any atom is 0.0295 e. The summed E-state index contributed by atoms with van der Waals surface area (Å²) in [6, 6.07) is 8.93. The van der Waals surface area contributed by atoms with Gasteiger partial charge in [-0.25, -0.2) is 0 Å². The first kappa shape index (κ1) is 9.72. The third-order valence-corrected chi connectivity index (χ3v) is 3.38. The Morgan fingerprint density at radius 3 is 2.64 bits per heavy atom. The van der Waals surface area contributed by atoms with Crippen molar-refractivity contribution in [2.75, 3.05) is 0 Å². The molecule has 0 aromatic heterocycles. The van der Waals surface area contributed by atoms with Crippen LogP contribution in [0.25, 0.3) is 0 Å². The van der Waals surface area contributed by atoms with Gasteiger partial charge >= 0.3 is 0 Å². The summed E-state index contributed by atoms with van der Waals surface area (Å²) >= 11 is 0. The second-order valence-electron chi connectivity index (χ2n) is 4.27. The average molecular weight is 189 g/mol. The lowest BCUT2D eigenvalue weighted by molar-refractivity contribution is 0.415. The van der Waals surface area contributed by atoms with Crippen LogP contribution in [0.1, 0.15) is 55.7 Å². The van der Waals surface area contributed by atoms with E-state index in [2.05, 4.69) is 31.2 Å². The Morgan fingerprint density at radius 1 is 1.36 bits per heavy atom. The third kappa shape index (κ3) is 1.69. The van der Waals surface area contributed by atoms with Crippen LogP contribution in [0.2, 0.25) is 0 Å². The molecule has 0 saturated heterocycles. The molecule has 0 amide bonds. The smallest absolute Gasteiger partial charge is 0.0295 e. The molecule has 1 nitrogen and oxygen atoms in total. The molecular weight excluding hydrogens is 170 g/mol. The van der Waals surface area contributed by atoms with Crippen molar-refractivity contribution in [1.29, 1.82) is 0 Å². The van der Waals surface area contributed by atoms with Gasteiger partial charge in [-0.3, -0.25) is 0 Å². The Balaban J connectivity index is 2.27. The van der Waals surface area contributed by atoms with Crippen molar-refractivity contribution in [3.05, 3.63) is 35.4 Å². The summed E-state index contributed by atoms with van der Waals surface area (Å²) in [6.07, 6.45) is 5.13. The number of rotatable bonds is 3. The van der Waals surface area contributed by atoms with Crippen LogP contribution in [-0.2, 0) is 0 Å².